The lowest BCUT2D eigenvalue weighted by atomic mass is 9.93. The normalized spacial score (nSPS) is 16.6. The number of primary amides is 1. The Morgan fingerprint density at radius 3 is 2.69 bits per heavy atom. The zero-order valence-corrected chi connectivity index (χ0v) is 13.0. The number of hydrogen-bond donors (Lipinski definition) is 4. The summed E-state index contributed by atoms with van der Waals surface area (Å²) in [5.41, 5.74) is 3.53. The zero-order valence-electron chi connectivity index (χ0n) is 13.0. The number of carbonyl (C=O) groups is 2. The van der Waals surface area contributed by atoms with E-state index >= 15 is 0 Å². The van der Waals surface area contributed by atoms with E-state index in [1.165, 1.54) is 12.1 Å². The fourth-order valence-electron chi connectivity index (χ4n) is 2.58. The van der Waals surface area contributed by atoms with Crippen molar-refractivity contribution < 1.29 is 22.8 Å². The van der Waals surface area contributed by atoms with Gasteiger partial charge in [0.1, 0.15) is 5.82 Å². The number of amides is 2. The van der Waals surface area contributed by atoms with Gasteiger partial charge in [0.2, 0.25) is 17.8 Å². The van der Waals surface area contributed by atoms with Gasteiger partial charge in [-0.25, -0.2) is 0 Å². The van der Waals surface area contributed by atoms with Crippen molar-refractivity contribution in [3.63, 3.8) is 0 Å². The van der Waals surface area contributed by atoms with E-state index in [2.05, 4.69) is 20.6 Å². The van der Waals surface area contributed by atoms with Crippen LogP contribution in [0.4, 0.5) is 30.6 Å². The maximum Gasteiger partial charge on any atom is 0.416 e. The van der Waals surface area contributed by atoms with Crippen molar-refractivity contribution in [2.75, 3.05) is 10.6 Å². The van der Waals surface area contributed by atoms with Crippen molar-refractivity contribution in [2.24, 2.45) is 5.73 Å². The SMILES string of the molecule is NC(=O)[C@H]1CC(=O)Nc2nc(Nc3cccc(C(F)(F)F)c3)[nH]c(=O)c21. The Bertz CT molecular complexity index is 954. The highest BCUT2D eigenvalue weighted by molar-refractivity contribution is 5.99. The van der Waals surface area contributed by atoms with Gasteiger partial charge in [0, 0.05) is 12.1 Å². The number of halogens is 3. The van der Waals surface area contributed by atoms with Gasteiger partial charge in [0.25, 0.3) is 5.56 Å². The van der Waals surface area contributed by atoms with E-state index in [0.717, 1.165) is 12.1 Å². The van der Waals surface area contributed by atoms with Crippen molar-refractivity contribution >= 4 is 29.3 Å². The minimum Gasteiger partial charge on any atom is -0.369 e. The smallest absolute Gasteiger partial charge is 0.369 e. The van der Waals surface area contributed by atoms with E-state index in [0.29, 0.717) is 0 Å². The number of fused-ring (bicyclic) bond motifs is 1. The molecule has 0 aliphatic carbocycles. The molecular weight excluding hydrogens is 355 g/mol. The standard InChI is InChI=1S/C15H12F3N5O3/c16-15(17,18)6-2-1-3-7(4-6)20-14-22-12-10(13(26)23-14)8(11(19)25)5-9(24)21-12/h1-4,8H,5H2,(H2,19,25)(H3,20,21,22,23,24,26)/t8-/m0/s1. The Hall–Kier alpha value is -3.37. The molecule has 8 nitrogen and oxygen atoms in total. The van der Waals surface area contributed by atoms with Crippen molar-refractivity contribution in [3.05, 3.63) is 45.7 Å². The summed E-state index contributed by atoms with van der Waals surface area (Å²) < 4.78 is 38.3. The van der Waals surface area contributed by atoms with Crippen molar-refractivity contribution in [1.29, 1.82) is 0 Å². The number of H-pyrrole nitrogens is 1. The van der Waals surface area contributed by atoms with Gasteiger partial charge in [-0.2, -0.15) is 18.2 Å². The average Bonchev–Trinajstić information content (AvgIpc) is 2.53. The summed E-state index contributed by atoms with van der Waals surface area (Å²) in [6.45, 7) is 0. The summed E-state index contributed by atoms with van der Waals surface area (Å²) in [7, 11) is 0. The number of nitrogens with zero attached hydrogens (tertiary/aromatic N) is 1. The van der Waals surface area contributed by atoms with Crippen molar-refractivity contribution in [2.45, 2.75) is 18.5 Å². The highest BCUT2D eigenvalue weighted by atomic mass is 19.4. The number of aromatic nitrogens is 2. The highest BCUT2D eigenvalue weighted by Gasteiger charge is 2.33. The third-order valence-electron chi connectivity index (χ3n) is 3.75. The van der Waals surface area contributed by atoms with Crippen LogP contribution < -0.4 is 21.9 Å². The van der Waals surface area contributed by atoms with E-state index in [-0.39, 0.29) is 29.4 Å². The molecule has 0 spiro atoms. The number of alkyl halides is 3. The topological polar surface area (TPSA) is 130 Å². The summed E-state index contributed by atoms with van der Waals surface area (Å²) in [4.78, 5) is 41.7. The number of anilines is 3. The maximum atomic E-state index is 12.8. The van der Waals surface area contributed by atoms with Gasteiger partial charge in [-0.05, 0) is 18.2 Å². The van der Waals surface area contributed by atoms with Crippen molar-refractivity contribution in [1.82, 2.24) is 9.97 Å². The van der Waals surface area contributed by atoms with Crippen LogP contribution in [-0.4, -0.2) is 21.8 Å². The fraction of sp³-hybridized carbons (Fsp3) is 0.200. The molecule has 1 atom stereocenters. The van der Waals surface area contributed by atoms with E-state index in [1.807, 2.05) is 0 Å². The molecule has 3 rings (SSSR count). The summed E-state index contributed by atoms with van der Waals surface area (Å²) in [6, 6.07) is 4.27. The first-order chi connectivity index (χ1) is 12.1. The van der Waals surface area contributed by atoms with Crippen molar-refractivity contribution in [3.8, 4) is 0 Å². The van der Waals surface area contributed by atoms with E-state index in [9.17, 15) is 27.6 Å². The summed E-state index contributed by atoms with van der Waals surface area (Å²) in [5, 5.41) is 4.88. The van der Waals surface area contributed by atoms with Crippen LogP contribution in [0.3, 0.4) is 0 Å². The highest BCUT2D eigenvalue weighted by Crippen LogP contribution is 2.32. The lowest BCUT2D eigenvalue weighted by Gasteiger charge is -2.22. The predicted octanol–water partition coefficient (Wildman–Crippen LogP) is 1.44. The van der Waals surface area contributed by atoms with Crippen LogP contribution in [0.1, 0.15) is 23.5 Å². The molecule has 5 N–H and O–H groups in total. The molecule has 0 radical (unpaired) electrons. The fourth-order valence-corrected chi connectivity index (χ4v) is 2.58. The molecule has 0 unspecified atom stereocenters. The Kier molecular flexibility index (Phi) is 4.14. The van der Waals surface area contributed by atoms with Gasteiger partial charge < -0.3 is 16.4 Å². The quantitative estimate of drug-likeness (QED) is 0.652. The molecule has 0 saturated carbocycles. The molecule has 2 aromatic rings. The lowest BCUT2D eigenvalue weighted by Crippen LogP contribution is -2.36. The van der Waals surface area contributed by atoms with Crippen LogP contribution in [0.5, 0.6) is 0 Å². The number of rotatable bonds is 3. The van der Waals surface area contributed by atoms with Crippen LogP contribution in [0.2, 0.25) is 0 Å². The van der Waals surface area contributed by atoms with Gasteiger partial charge in [0.05, 0.1) is 17.0 Å². The molecule has 2 amide bonds. The predicted molar refractivity (Wildman–Crippen MR) is 84.8 cm³/mol. The number of aromatic amines is 1. The molecule has 136 valence electrons. The lowest BCUT2D eigenvalue weighted by molar-refractivity contribution is -0.137. The Morgan fingerprint density at radius 1 is 1.31 bits per heavy atom. The minimum absolute atomic E-state index is 0.0245. The van der Waals surface area contributed by atoms with E-state index in [4.69, 9.17) is 5.73 Å². The van der Waals surface area contributed by atoms with E-state index in [1.54, 1.807) is 0 Å². The first-order valence-corrected chi connectivity index (χ1v) is 7.33. The zero-order chi connectivity index (χ0) is 19.1. The third kappa shape index (κ3) is 3.36. The minimum atomic E-state index is -4.53. The molecule has 0 fully saturated rings. The van der Waals surface area contributed by atoms with Crippen LogP contribution in [0, 0.1) is 0 Å². The number of carbonyl (C=O) groups excluding carboxylic acids is 2. The maximum absolute atomic E-state index is 12.8. The molecule has 11 heteroatoms. The number of nitrogens with two attached hydrogens (primary N) is 1. The monoisotopic (exact) mass is 367 g/mol. The molecule has 0 bridgehead atoms. The molecule has 26 heavy (non-hydrogen) atoms. The van der Waals surface area contributed by atoms with Crippen LogP contribution in [-0.2, 0) is 15.8 Å². The molecule has 1 aromatic carbocycles. The Balaban J connectivity index is 1.98. The number of benzene rings is 1. The molecule has 0 saturated heterocycles. The van der Waals surface area contributed by atoms with Gasteiger partial charge in [-0.1, -0.05) is 6.07 Å². The molecule has 1 aliphatic heterocycles. The van der Waals surface area contributed by atoms with Crippen LogP contribution >= 0.6 is 0 Å². The summed E-state index contributed by atoms with van der Waals surface area (Å²) in [5.74, 6) is -2.89. The first-order valence-electron chi connectivity index (χ1n) is 7.33. The number of hydrogen-bond acceptors (Lipinski definition) is 5. The second kappa shape index (κ2) is 6.17. The molecule has 2 heterocycles. The Labute approximate surface area is 143 Å². The molecule has 1 aromatic heterocycles. The second-order valence-corrected chi connectivity index (χ2v) is 5.59. The van der Waals surface area contributed by atoms with Gasteiger partial charge in [0.15, 0.2) is 0 Å². The molecular formula is C15H12F3N5O3. The third-order valence-corrected chi connectivity index (χ3v) is 3.75. The van der Waals surface area contributed by atoms with Crippen LogP contribution in [0.15, 0.2) is 29.1 Å². The number of nitrogens with one attached hydrogen (secondary N) is 3. The van der Waals surface area contributed by atoms with E-state index < -0.39 is 35.0 Å². The van der Waals surface area contributed by atoms with Gasteiger partial charge in [-0.3, -0.25) is 19.4 Å². The second-order valence-electron chi connectivity index (χ2n) is 5.59. The average molecular weight is 367 g/mol. The summed E-state index contributed by atoms with van der Waals surface area (Å²) >= 11 is 0. The first kappa shape index (κ1) is 17.5. The Morgan fingerprint density at radius 2 is 2.04 bits per heavy atom. The van der Waals surface area contributed by atoms with Gasteiger partial charge in [-0.15, -0.1) is 0 Å². The van der Waals surface area contributed by atoms with Gasteiger partial charge >= 0.3 is 6.18 Å². The summed E-state index contributed by atoms with van der Waals surface area (Å²) in [6.07, 6.45) is -4.81. The van der Waals surface area contributed by atoms with Crippen LogP contribution in [0.25, 0.3) is 0 Å². The largest absolute Gasteiger partial charge is 0.416 e. The molecule has 1 aliphatic rings.